The zero-order valence-electron chi connectivity index (χ0n) is 16.8. The van der Waals surface area contributed by atoms with Gasteiger partial charge in [0.05, 0.1) is 11.9 Å². The first-order valence-electron chi connectivity index (χ1n) is 9.55. The number of rotatable bonds is 5. The van der Waals surface area contributed by atoms with E-state index in [2.05, 4.69) is 45.0 Å². The number of halogens is 3. The number of aromatic nitrogens is 3. The van der Waals surface area contributed by atoms with Crippen molar-refractivity contribution in [1.29, 1.82) is 0 Å². The average molecular weight is 467 g/mol. The van der Waals surface area contributed by atoms with Crippen molar-refractivity contribution in [2.24, 2.45) is 0 Å². The lowest BCUT2D eigenvalue weighted by Crippen LogP contribution is -2.46. The third-order valence-corrected chi connectivity index (χ3v) is 5.40. The molecule has 1 saturated heterocycles. The van der Waals surface area contributed by atoms with E-state index in [4.69, 9.17) is 11.6 Å². The maximum Gasteiger partial charge on any atom is 0.0679 e. The van der Waals surface area contributed by atoms with E-state index in [-0.39, 0.29) is 24.8 Å². The molecule has 0 spiro atoms. The number of hydrogen-bond donors (Lipinski definition) is 0. The highest BCUT2D eigenvalue weighted by molar-refractivity contribution is 6.30. The van der Waals surface area contributed by atoms with Gasteiger partial charge in [-0.2, -0.15) is 5.10 Å². The highest BCUT2D eigenvalue weighted by Gasteiger charge is 2.16. The molecule has 1 aromatic carbocycles. The van der Waals surface area contributed by atoms with Gasteiger partial charge >= 0.3 is 0 Å². The van der Waals surface area contributed by atoms with Crippen LogP contribution in [-0.4, -0.2) is 52.4 Å². The normalized spacial score (nSPS) is 14.4. The fraction of sp³-hybridized carbons (Fsp3) is 0.273. The molecule has 2 aromatic heterocycles. The first-order valence-corrected chi connectivity index (χ1v) is 9.93. The number of hydrogen-bond acceptors (Lipinski definition) is 4. The van der Waals surface area contributed by atoms with Gasteiger partial charge in [0.25, 0.3) is 0 Å². The largest absolute Gasteiger partial charge is 0.369 e. The summed E-state index contributed by atoms with van der Waals surface area (Å²) in [6.07, 6.45) is 9.90. The van der Waals surface area contributed by atoms with Gasteiger partial charge in [-0.05, 0) is 37.3 Å². The lowest BCUT2D eigenvalue weighted by Gasteiger charge is -2.35. The summed E-state index contributed by atoms with van der Waals surface area (Å²) in [6, 6.07) is 12.0. The Hall–Kier alpha value is -2.05. The van der Waals surface area contributed by atoms with Gasteiger partial charge in [0.2, 0.25) is 0 Å². The van der Waals surface area contributed by atoms with Gasteiger partial charge in [-0.1, -0.05) is 29.8 Å². The summed E-state index contributed by atoms with van der Waals surface area (Å²) in [5, 5.41) is 5.31. The van der Waals surface area contributed by atoms with Crippen LogP contribution in [0.3, 0.4) is 0 Å². The predicted molar refractivity (Wildman–Crippen MR) is 130 cm³/mol. The molecule has 0 radical (unpaired) electrons. The van der Waals surface area contributed by atoms with Gasteiger partial charge in [0.15, 0.2) is 0 Å². The summed E-state index contributed by atoms with van der Waals surface area (Å²) in [7, 11) is 0. The minimum Gasteiger partial charge on any atom is -0.369 e. The summed E-state index contributed by atoms with van der Waals surface area (Å²) in [5.41, 5.74) is 4.52. The number of benzene rings is 1. The molecule has 30 heavy (non-hydrogen) atoms. The van der Waals surface area contributed by atoms with Gasteiger partial charge in [0.1, 0.15) is 0 Å². The molecule has 3 aromatic rings. The van der Waals surface area contributed by atoms with E-state index in [0.29, 0.717) is 0 Å². The van der Waals surface area contributed by atoms with Crippen LogP contribution in [0.5, 0.6) is 0 Å². The fourth-order valence-electron chi connectivity index (χ4n) is 3.52. The van der Waals surface area contributed by atoms with Gasteiger partial charge in [-0.25, -0.2) is 4.68 Å². The molecule has 0 saturated carbocycles. The Morgan fingerprint density at radius 2 is 1.73 bits per heavy atom. The molecular weight excluding hydrogens is 441 g/mol. The van der Waals surface area contributed by atoms with Crippen LogP contribution in [0.15, 0.2) is 61.1 Å². The zero-order valence-corrected chi connectivity index (χ0v) is 19.2. The summed E-state index contributed by atoms with van der Waals surface area (Å²) >= 11 is 6.12. The summed E-state index contributed by atoms with van der Waals surface area (Å²) in [5.74, 6) is 0. The van der Waals surface area contributed by atoms with Crippen molar-refractivity contribution < 1.29 is 0 Å². The second-order valence-electron chi connectivity index (χ2n) is 6.97. The third kappa shape index (κ3) is 5.76. The van der Waals surface area contributed by atoms with Crippen molar-refractivity contribution in [3.8, 4) is 5.69 Å². The molecule has 1 aliphatic heterocycles. The summed E-state index contributed by atoms with van der Waals surface area (Å²) in [4.78, 5) is 8.94. The Bertz CT molecular complexity index is 950. The van der Waals surface area contributed by atoms with Crippen molar-refractivity contribution >= 4 is 48.2 Å². The summed E-state index contributed by atoms with van der Waals surface area (Å²) < 4.78 is 1.95. The maximum absolute atomic E-state index is 6.12. The number of anilines is 1. The smallest absolute Gasteiger partial charge is 0.0679 e. The lowest BCUT2D eigenvalue weighted by atomic mass is 10.2. The predicted octanol–water partition coefficient (Wildman–Crippen LogP) is 4.91. The molecule has 0 atom stereocenters. The molecule has 160 valence electrons. The topological polar surface area (TPSA) is 37.2 Å². The summed E-state index contributed by atoms with van der Waals surface area (Å²) in [6.45, 7) is 7.18. The fourth-order valence-corrected chi connectivity index (χ4v) is 3.71. The monoisotopic (exact) mass is 465 g/mol. The van der Waals surface area contributed by atoms with Crippen LogP contribution < -0.4 is 4.90 Å². The zero-order chi connectivity index (χ0) is 19.3. The van der Waals surface area contributed by atoms with Crippen LogP contribution in [0.25, 0.3) is 11.8 Å². The quantitative estimate of drug-likeness (QED) is 0.535. The van der Waals surface area contributed by atoms with E-state index >= 15 is 0 Å². The van der Waals surface area contributed by atoms with Crippen LogP contribution in [0.2, 0.25) is 5.02 Å². The Kier molecular flexibility index (Phi) is 9.18. The van der Waals surface area contributed by atoms with Crippen LogP contribution in [0, 0.1) is 6.92 Å². The van der Waals surface area contributed by atoms with E-state index in [9.17, 15) is 0 Å². The van der Waals surface area contributed by atoms with E-state index in [1.807, 2.05) is 41.2 Å². The van der Waals surface area contributed by atoms with E-state index in [1.165, 1.54) is 5.69 Å². The second kappa shape index (κ2) is 11.4. The molecule has 1 fully saturated rings. The molecule has 1 aliphatic rings. The first kappa shape index (κ1) is 24.2. The minimum atomic E-state index is 0. The molecule has 0 amide bonds. The van der Waals surface area contributed by atoms with Crippen molar-refractivity contribution in [2.75, 3.05) is 37.6 Å². The highest BCUT2D eigenvalue weighted by Crippen LogP contribution is 2.21. The molecule has 4 rings (SSSR count). The molecule has 5 nitrogen and oxygen atoms in total. The Morgan fingerprint density at radius 1 is 1.00 bits per heavy atom. The maximum atomic E-state index is 6.12. The van der Waals surface area contributed by atoms with Gasteiger partial charge < -0.3 is 4.90 Å². The van der Waals surface area contributed by atoms with Crippen LogP contribution in [-0.2, 0) is 0 Å². The van der Waals surface area contributed by atoms with E-state index < -0.39 is 0 Å². The number of pyridine rings is 1. The van der Waals surface area contributed by atoms with Gasteiger partial charge in [-0.15, -0.1) is 24.8 Å². The Balaban J connectivity index is 0.00000160. The molecular formula is C22H26Cl3N5. The average Bonchev–Trinajstić information content (AvgIpc) is 3.10. The van der Waals surface area contributed by atoms with Crippen molar-refractivity contribution in [2.45, 2.75) is 6.92 Å². The Morgan fingerprint density at radius 3 is 2.43 bits per heavy atom. The SMILES string of the molecule is Cc1c(C=CCN2CCN(c3cccc(Cl)c3)CC2)cnn1-c1ccncc1.Cl.Cl. The van der Waals surface area contributed by atoms with Crippen molar-refractivity contribution in [3.63, 3.8) is 0 Å². The van der Waals surface area contributed by atoms with Crippen molar-refractivity contribution in [3.05, 3.63) is 77.3 Å². The molecule has 8 heteroatoms. The molecule has 0 unspecified atom stereocenters. The second-order valence-corrected chi connectivity index (χ2v) is 7.41. The molecule has 0 aliphatic carbocycles. The lowest BCUT2D eigenvalue weighted by molar-refractivity contribution is 0.284. The molecule has 0 bridgehead atoms. The Labute approximate surface area is 195 Å². The van der Waals surface area contributed by atoms with Crippen LogP contribution >= 0.6 is 36.4 Å². The van der Waals surface area contributed by atoms with Crippen LogP contribution in [0.1, 0.15) is 11.3 Å². The van der Waals surface area contributed by atoms with E-state index in [1.54, 1.807) is 12.4 Å². The number of piperazine rings is 1. The highest BCUT2D eigenvalue weighted by atomic mass is 35.5. The van der Waals surface area contributed by atoms with Crippen molar-refractivity contribution in [1.82, 2.24) is 19.7 Å². The minimum absolute atomic E-state index is 0. The first-order chi connectivity index (χ1) is 13.7. The third-order valence-electron chi connectivity index (χ3n) is 5.16. The molecule has 0 N–H and O–H groups in total. The van der Waals surface area contributed by atoms with Gasteiger partial charge in [0, 0.05) is 67.1 Å². The standard InChI is InChI=1S/C22H24ClN5.2ClH/c1-18-19(17-25-28(18)21-7-9-24-10-8-21)4-3-11-26-12-14-27(15-13-26)22-6-2-5-20(23)16-22;;/h2-10,16-17H,11-15H2,1H3;2*1H. The van der Waals surface area contributed by atoms with Crippen LogP contribution in [0.4, 0.5) is 5.69 Å². The number of nitrogens with zero attached hydrogens (tertiary/aromatic N) is 5. The molecule has 3 heterocycles. The van der Waals surface area contributed by atoms with E-state index in [0.717, 1.165) is 54.7 Å². The van der Waals surface area contributed by atoms with Gasteiger partial charge in [-0.3, -0.25) is 9.88 Å².